The quantitative estimate of drug-likeness (QED) is 0.590. The maximum absolute atomic E-state index is 13.1. The monoisotopic (exact) mass is 469 g/mol. The second-order valence-corrected chi connectivity index (χ2v) is 9.86. The predicted molar refractivity (Wildman–Crippen MR) is 131 cm³/mol. The maximum Gasteiger partial charge on any atom is 0.243 e. The second-order valence-electron chi connectivity index (χ2n) is 8.41. The number of rotatable bonds is 9. The minimum Gasteiger partial charge on any atom is -0.352 e. The lowest BCUT2D eigenvalue weighted by atomic mass is 10.1. The average Bonchev–Trinajstić information content (AvgIpc) is 3.29. The molecule has 1 fully saturated rings. The van der Waals surface area contributed by atoms with E-state index in [0.717, 1.165) is 31.2 Å². The first-order chi connectivity index (χ1) is 15.8. The van der Waals surface area contributed by atoms with Gasteiger partial charge < -0.3 is 10.6 Å². The molecule has 33 heavy (non-hydrogen) atoms. The van der Waals surface area contributed by atoms with Gasteiger partial charge in [0.25, 0.3) is 0 Å². The van der Waals surface area contributed by atoms with Crippen molar-refractivity contribution >= 4 is 39.9 Å². The molecular weight excluding hydrogens is 438 g/mol. The molecule has 3 amide bonds. The summed E-state index contributed by atoms with van der Waals surface area (Å²) in [4.78, 5) is 39.6. The molecule has 2 N–H and O–H groups in total. The minimum absolute atomic E-state index is 0.132. The summed E-state index contributed by atoms with van der Waals surface area (Å²) in [6.45, 7) is 3.61. The van der Waals surface area contributed by atoms with Crippen molar-refractivity contribution in [2.24, 2.45) is 0 Å². The summed E-state index contributed by atoms with van der Waals surface area (Å²) in [5.41, 5.74) is 2.23. The van der Waals surface area contributed by atoms with E-state index in [2.05, 4.69) is 10.6 Å². The van der Waals surface area contributed by atoms with E-state index < -0.39 is 28.7 Å². The summed E-state index contributed by atoms with van der Waals surface area (Å²) in [5.74, 6) is -1.77. The molecule has 1 aliphatic rings. The molecule has 0 aromatic heterocycles. The highest BCUT2D eigenvalue weighted by Gasteiger charge is 2.30. The van der Waals surface area contributed by atoms with Crippen LogP contribution in [-0.4, -0.2) is 45.5 Å². The summed E-state index contributed by atoms with van der Waals surface area (Å²) in [6.07, 6.45) is 4.06. The highest BCUT2D eigenvalue weighted by Crippen LogP contribution is 2.20. The number of anilines is 2. The average molecular weight is 470 g/mol. The third-order valence-electron chi connectivity index (χ3n) is 5.68. The number of benzene rings is 2. The number of nitrogens with zero attached hydrogens (tertiary/aromatic N) is 1. The van der Waals surface area contributed by atoms with Gasteiger partial charge in [0.2, 0.25) is 17.7 Å². The molecule has 2 aromatic carbocycles. The van der Waals surface area contributed by atoms with Crippen LogP contribution in [0.1, 0.15) is 38.2 Å². The number of amides is 3. The Labute approximate surface area is 197 Å². The summed E-state index contributed by atoms with van der Waals surface area (Å²) in [6, 6.07) is 15.5. The zero-order valence-corrected chi connectivity index (χ0v) is 19.9. The molecule has 0 bridgehead atoms. The van der Waals surface area contributed by atoms with Gasteiger partial charge in [0.15, 0.2) is 0 Å². The maximum atomic E-state index is 13.1. The second kappa shape index (κ2) is 11.7. The van der Waals surface area contributed by atoms with Crippen molar-refractivity contribution in [2.45, 2.75) is 51.6 Å². The van der Waals surface area contributed by atoms with Crippen molar-refractivity contribution < 1.29 is 18.6 Å². The molecule has 2 aromatic rings. The minimum atomic E-state index is -1.72. The largest absolute Gasteiger partial charge is 0.352 e. The van der Waals surface area contributed by atoms with Crippen LogP contribution < -0.4 is 15.5 Å². The summed E-state index contributed by atoms with van der Waals surface area (Å²) in [7, 11) is -1.72. The lowest BCUT2D eigenvalue weighted by Crippen LogP contribution is -2.51. The van der Waals surface area contributed by atoms with E-state index in [1.54, 1.807) is 43.3 Å². The normalized spacial score (nSPS) is 15.5. The van der Waals surface area contributed by atoms with Crippen LogP contribution in [-0.2, 0) is 25.2 Å². The molecule has 176 valence electrons. The van der Waals surface area contributed by atoms with Crippen LogP contribution in [0.4, 0.5) is 11.4 Å². The number of carbonyl (C=O) groups is 3. The standard InChI is InChI=1S/C25H31N3O4S/c1-18-12-14-21(15-13-18)26-23(29)16-33(32)17-24(30)28(22-10-4-3-5-11-22)19(2)25(31)27-20-8-6-7-9-20/h3-5,10-15,19-20H,6-9,16-17H2,1-2H3,(H,26,29)(H,27,31)/t19-,33+/m0/s1. The van der Waals surface area contributed by atoms with Crippen LogP contribution >= 0.6 is 0 Å². The highest BCUT2D eigenvalue weighted by atomic mass is 32.2. The first-order valence-corrected chi connectivity index (χ1v) is 12.7. The topological polar surface area (TPSA) is 95.6 Å². The Bertz CT molecular complexity index is 988. The van der Waals surface area contributed by atoms with Crippen LogP contribution in [0.3, 0.4) is 0 Å². The van der Waals surface area contributed by atoms with Crippen molar-refractivity contribution in [1.29, 1.82) is 0 Å². The van der Waals surface area contributed by atoms with Gasteiger partial charge in [-0.15, -0.1) is 0 Å². The molecular formula is C25H31N3O4S. The van der Waals surface area contributed by atoms with Crippen molar-refractivity contribution in [3.63, 3.8) is 0 Å². The van der Waals surface area contributed by atoms with Gasteiger partial charge in [-0.05, 0) is 51.0 Å². The van der Waals surface area contributed by atoms with E-state index in [4.69, 9.17) is 0 Å². The smallest absolute Gasteiger partial charge is 0.243 e. The number of hydrogen-bond acceptors (Lipinski definition) is 4. The SMILES string of the molecule is Cc1ccc(NC(=O)C[S@@](=O)CC(=O)N(c2ccccc2)[C@@H](C)C(=O)NC2CCCC2)cc1. The third-order valence-corrected chi connectivity index (χ3v) is 6.84. The van der Waals surface area contributed by atoms with E-state index >= 15 is 0 Å². The molecule has 3 rings (SSSR count). The van der Waals surface area contributed by atoms with E-state index in [0.29, 0.717) is 11.4 Å². The predicted octanol–water partition coefficient (Wildman–Crippen LogP) is 3.16. The molecule has 0 heterocycles. The third kappa shape index (κ3) is 7.25. The van der Waals surface area contributed by atoms with Gasteiger partial charge in [-0.2, -0.15) is 0 Å². The Morgan fingerprint density at radius 2 is 1.64 bits per heavy atom. The van der Waals surface area contributed by atoms with Gasteiger partial charge in [-0.25, -0.2) is 0 Å². The van der Waals surface area contributed by atoms with Gasteiger partial charge in [0, 0.05) is 28.2 Å². The van der Waals surface area contributed by atoms with Crippen molar-refractivity contribution in [3.8, 4) is 0 Å². The zero-order valence-electron chi connectivity index (χ0n) is 19.1. The molecule has 8 heteroatoms. The van der Waals surface area contributed by atoms with Crippen molar-refractivity contribution in [3.05, 3.63) is 60.2 Å². The number of nitrogens with one attached hydrogen (secondary N) is 2. The Morgan fingerprint density at radius 1 is 1.00 bits per heavy atom. The van der Waals surface area contributed by atoms with Crippen molar-refractivity contribution in [1.82, 2.24) is 5.32 Å². The highest BCUT2D eigenvalue weighted by molar-refractivity contribution is 7.86. The molecule has 0 saturated heterocycles. The Kier molecular flexibility index (Phi) is 8.77. The van der Waals surface area contributed by atoms with E-state index in [-0.39, 0.29) is 23.5 Å². The fourth-order valence-corrected chi connectivity index (χ4v) is 4.80. The number of para-hydroxylation sites is 1. The number of aryl methyl sites for hydroxylation is 1. The van der Waals surface area contributed by atoms with Gasteiger partial charge in [-0.1, -0.05) is 48.7 Å². The van der Waals surface area contributed by atoms with Crippen LogP contribution in [0.15, 0.2) is 54.6 Å². The van der Waals surface area contributed by atoms with Crippen LogP contribution in [0.2, 0.25) is 0 Å². The molecule has 0 spiro atoms. The van der Waals surface area contributed by atoms with Crippen molar-refractivity contribution in [2.75, 3.05) is 21.7 Å². The Hall–Kier alpha value is -3.00. The van der Waals surface area contributed by atoms with Gasteiger partial charge >= 0.3 is 0 Å². The Balaban J connectivity index is 1.64. The molecule has 0 unspecified atom stereocenters. The first-order valence-electron chi connectivity index (χ1n) is 11.2. The van der Waals surface area contributed by atoms with E-state index in [9.17, 15) is 18.6 Å². The summed E-state index contributed by atoms with van der Waals surface area (Å²) < 4.78 is 12.6. The van der Waals surface area contributed by atoms with Gasteiger partial charge in [0.05, 0.1) is 0 Å². The summed E-state index contributed by atoms with van der Waals surface area (Å²) >= 11 is 0. The number of hydrogen-bond donors (Lipinski definition) is 2. The molecule has 0 aliphatic heterocycles. The fourth-order valence-electron chi connectivity index (χ4n) is 3.92. The van der Waals surface area contributed by atoms with E-state index in [1.165, 1.54) is 4.90 Å². The molecule has 7 nitrogen and oxygen atoms in total. The first kappa shape index (κ1) is 24.6. The summed E-state index contributed by atoms with van der Waals surface area (Å²) in [5, 5.41) is 5.72. The molecule has 2 atom stereocenters. The van der Waals surface area contributed by atoms with Crippen LogP contribution in [0.25, 0.3) is 0 Å². The fraction of sp³-hybridized carbons (Fsp3) is 0.400. The Morgan fingerprint density at radius 3 is 2.27 bits per heavy atom. The van der Waals surface area contributed by atoms with Gasteiger partial charge in [-0.3, -0.25) is 23.5 Å². The van der Waals surface area contributed by atoms with Gasteiger partial charge in [0.1, 0.15) is 17.5 Å². The molecule has 1 saturated carbocycles. The molecule has 1 aliphatic carbocycles. The molecule has 0 radical (unpaired) electrons. The zero-order chi connectivity index (χ0) is 23.8. The van der Waals surface area contributed by atoms with Crippen LogP contribution in [0, 0.1) is 6.92 Å². The lowest BCUT2D eigenvalue weighted by Gasteiger charge is -2.29. The number of carbonyl (C=O) groups excluding carboxylic acids is 3. The van der Waals surface area contributed by atoms with Crippen LogP contribution in [0.5, 0.6) is 0 Å². The lowest BCUT2D eigenvalue weighted by molar-refractivity contribution is -0.125. The van der Waals surface area contributed by atoms with E-state index in [1.807, 2.05) is 25.1 Å².